The Bertz CT molecular complexity index is 411. The minimum Gasteiger partial charge on any atom is -1.00 e. The van der Waals surface area contributed by atoms with Crippen LogP contribution in [0.15, 0.2) is 24.3 Å². The van der Waals surface area contributed by atoms with Gasteiger partial charge in [-0.3, -0.25) is 0 Å². The number of unbranched alkanes of at least 4 members (excludes halogenated alkanes) is 9. The van der Waals surface area contributed by atoms with Crippen LogP contribution in [-0.2, 0) is 13.0 Å². The van der Waals surface area contributed by atoms with Crippen LogP contribution in [0.5, 0.6) is 0 Å². The van der Waals surface area contributed by atoms with Crippen molar-refractivity contribution in [3.63, 3.8) is 0 Å². The van der Waals surface area contributed by atoms with E-state index in [4.69, 9.17) is 0 Å². The van der Waals surface area contributed by atoms with Crippen LogP contribution in [0.25, 0.3) is 0 Å². The molecule has 0 aliphatic heterocycles. The van der Waals surface area contributed by atoms with Crippen LogP contribution < -0.4 is 12.4 Å². The molecule has 0 saturated carbocycles. The van der Waals surface area contributed by atoms with E-state index in [1.807, 2.05) is 0 Å². The Labute approximate surface area is 164 Å². The highest BCUT2D eigenvalue weighted by molar-refractivity contribution is 5.21. The molecule has 146 valence electrons. The largest absolute Gasteiger partial charge is 1.00 e. The molecule has 0 aliphatic rings. The van der Waals surface area contributed by atoms with Crippen LogP contribution in [0.4, 0.5) is 0 Å². The van der Waals surface area contributed by atoms with Gasteiger partial charge in [-0.25, -0.2) is 0 Å². The van der Waals surface area contributed by atoms with E-state index in [2.05, 4.69) is 52.2 Å². The second kappa shape index (κ2) is 14.6. The number of hydrogen-bond donors (Lipinski definition) is 0. The van der Waals surface area contributed by atoms with Crippen molar-refractivity contribution < 1.29 is 16.9 Å². The first-order chi connectivity index (χ1) is 11.6. The lowest BCUT2D eigenvalue weighted by atomic mass is 10.1. The van der Waals surface area contributed by atoms with E-state index in [9.17, 15) is 0 Å². The topological polar surface area (TPSA) is 0 Å². The van der Waals surface area contributed by atoms with Crippen LogP contribution in [0.1, 0.15) is 89.2 Å². The van der Waals surface area contributed by atoms with Crippen LogP contribution in [0.3, 0.4) is 0 Å². The summed E-state index contributed by atoms with van der Waals surface area (Å²) in [4.78, 5) is 0. The smallest absolute Gasteiger partial charge is 0.104 e. The lowest BCUT2D eigenvalue weighted by Gasteiger charge is -2.30. The average molecular weight is 368 g/mol. The number of halogens is 1. The molecule has 1 aromatic carbocycles. The summed E-state index contributed by atoms with van der Waals surface area (Å²) in [6.45, 7) is 6.97. The average Bonchev–Trinajstić information content (AvgIpc) is 2.57. The summed E-state index contributed by atoms with van der Waals surface area (Å²) in [6.07, 6.45) is 15.4. The normalized spacial score (nSPS) is 11.4. The van der Waals surface area contributed by atoms with Gasteiger partial charge in [-0.2, -0.15) is 0 Å². The predicted molar refractivity (Wildman–Crippen MR) is 108 cm³/mol. The Morgan fingerprint density at radius 3 is 1.56 bits per heavy atom. The molecular formula is C23H42ClN. The summed E-state index contributed by atoms with van der Waals surface area (Å²) in [6, 6.07) is 9.21. The third-order valence-electron chi connectivity index (χ3n) is 5.16. The molecule has 0 bridgehead atoms. The maximum atomic E-state index is 2.38. The van der Waals surface area contributed by atoms with E-state index in [1.54, 1.807) is 0 Å². The first-order valence-electron chi connectivity index (χ1n) is 10.5. The van der Waals surface area contributed by atoms with Crippen molar-refractivity contribution in [2.75, 3.05) is 20.6 Å². The van der Waals surface area contributed by atoms with Gasteiger partial charge in [0, 0.05) is 5.56 Å². The molecular weight excluding hydrogens is 326 g/mol. The molecule has 1 rings (SSSR count). The van der Waals surface area contributed by atoms with E-state index in [-0.39, 0.29) is 12.4 Å². The predicted octanol–water partition coefficient (Wildman–Crippen LogP) is 3.75. The molecule has 0 radical (unpaired) electrons. The molecule has 0 aliphatic carbocycles. The van der Waals surface area contributed by atoms with E-state index in [0.717, 1.165) is 17.4 Å². The Hall–Kier alpha value is -0.530. The second-order valence-corrected chi connectivity index (χ2v) is 8.17. The zero-order chi connectivity index (χ0) is 17.7. The highest BCUT2D eigenvalue weighted by Crippen LogP contribution is 2.15. The quantitative estimate of drug-likeness (QED) is 0.347. The first kappa shape index (κ1) is 24.5. The van der Waals surface area contributed by atoms with E-state index in [1.165, 1.54) is 81.9 Å². The van der Waals surface area contributed by atoms with Crippen molar-refractivity contribution >= 4 is 0 Å². The van der Waals surface area contributed by atoms with Gasteiger partial charge >= 0.3 is 0 Å². The standard InChI is InChI=1S/C23H42N.ClH/c1-5-7-8-9-10-11-12-13-14-15-20-24(3,4)21-23-18-16-22(6-2)17-19-23;/h16-19H,5-15,20-21H2,1-4H3;1H/q+1;/p-1. The second-order valence-electron chi connectivity index (χ2n) is 8.17. The van der Waals surface area contributed by atoms with Crippen molar-refractivity contribution in [2.24, 2.45) is 0 Å². The van der Waals surface area contributed by atoms with Crippen LogP contribution in [0, 0.1) is 0 Å². The van der Waals surface area contributed by atoms with Gasteiger partial charge in [0.2, 0.25) is 0 Å². The van der Waals surface area contributed by atoms with Crippen molar-refractivity contribution in [2.45, 2.75) is 91.0 Å². The van der Waals surface area contributed by atoms with Gasteiger partial charge in [0.05, 0.1) is 20.6 Å². The maximum Gasteiger partial charge on any atom is 0.104 e. The molecule has 2 heteroatoms. The molecule has 0 N–H and O–H groups in total. The summed E-state index contributed by atoms with van der Waals surface area (Å²) in [5, 5.41) is 0. The minimum absolute atomic E-state index is 0. The molecule has 0 atom stereocenters. The summed E-state index contributed by atoms with van der Waals surface area (Å²) < 4.78 is 1.11. The van der Waals surface area contributed by atoms with E-state index < -0.39 is 0 Å². The van der Waals surface area contributed by atoms with Gasteiger partial charge < -0.3 is 16.9 Å². The first-order valence-corrected chi connectivity index (χ1v) is 10.5. The number of rotatable bonds is 14. The number of benzene rings is 1. The molecule has 0 fully saturated rings. The zero-order valence-corrected chi connectivity index (χ0v) is 18.1. The van der Waals surface area contributed by atoms with Gasteiger partial charge in [-0.15, -0.1) is 0 Å². The number of aryl methyl sites for hydroxylation is 1. The van der Waals surface area contributed by atoms with Crippen molar-refractivity contribution in [1.29, 1.82) is 0 Å². The molecule has 1 aromatic rings. The molecule has 0 aromatic heterocycles. The molecule has 1 nitrogen and oxygen atoms in total. The lowest BCUT2D eigenvalue weighted by molar-refractivity contribution is -0.903. The summed E-state index contributed by atoms with van der Waals surface area (Å²) in [5.41, 5.74) is 2.92. The van der Waals surface area contributed by atoms with Crippen molar-refractivity contribution in [1.82, 2.24) is 0 Å². The highest BCUT2D eigenvalue weighted by atomic mass is 35.5. The van der Waals surface area contributed by atoms with Gasteiger partial charge in [0.15, 0.2) is 0 Å². The van der Waals surface area contributed by atoms with E-state index >= 15 is 0 Å². The Kier molecular flexibility index (Phi) is 14.3. The van der Waals surface area contributed by atoms with Crippen LogP contribution in [-0.4, -0.2) is 25.1 Å². The third-order valence-corrected chi connectivity index (χ3v) is 5.16. The molecule has 0 heterocycles. The van der Waals surface area contributed by atoms with Gasteiger partial charge in [0.25, 0.3) is 0 Å². The third kappa shape index (κ3) is 12.5. The fraction of sp³-hybridized carbons (Fsp3) is 0.739. The fourth-order valence-electron chi connectivity index (χ4n) is 3.48. The number of nitrogens with zero attached hydrogens (tertiary/aromatic N) is 1. The fourth-order valence-corrected chi connectivity index (χ4v) is 3.48. The summed E-state index contributed by atoms with van der Waals surface area (Å²) in [5.74, 6) is 0. The molecule has 25 heavy (non-hydrogen) atoms. The summed E-state index contributed by atoms with van der Waals surface area (Å²) in [7, 11) is 4.75. The molecule has 0 unspecified atom stereocenters. The zero-order valence-electron chi connectivity index (χ0n) is 17.3. The van der Waals surface area contributed by atoms with E-state index in [0.29, 0.717) is 0 Å². The molecule has 0 amide bonds. The number of hydrogen-bond acceptors (Lipinski definition) is 0. The Morgan fingerprint density at radius 1 is 0.640 bits per heavy atom. The maximum absolute atomic E-state index is 2.38. The van der Waals surface area contributed by atoms with Gasteiger partial charge in [0.1, 0.15) is 6.54 Å². The highest BCUT2D eigenvalue weighted by Gasteiger charge is 2.15. The lowest BCUT2D eigenvalue weighted by Crippen LogP contribution is -3.00. The van der Waals surface area contributed by atoms with Gasteiger partial charge in [-0.05, 0) is 24.8 Å². The van der Waals surface area contributed by atoms with Crippen LogP contribution in [0.2, 0.25) is 0 Å². The Morgan fingerprint density at radius 2 is 1.08 bits per heavy atom. The molecule has 0 saturated heterocycles. The number of quaternary nitrogens is 1. The SMILES string of the molecule is CCCCCCCCCCCC[N+](C)(C)Cc1ccc(CC)cc1.[Cl-]. The van der Waals surface area contributed by atoms with Crippen molar-refractivity contribution in [3.8, 4) is 0 Å². The van der Waals surface area contributed by atoms with Crippen molar-refractivity contribution in [3.05, 3.63) is 35.4 Å². The van der Waals surface area contributed by atoms with Gasteiger partial charge in [-0.1, -0.05) is 89.5 Å². The minimum atomic E-state index is 0. The molecule has 0 spiro atoms. The Balaban J connectivity index is 0.00000576. The monoisotopic (exact) mass is 367 g/mol. The van der Waals surface area contributed by atoms with Crippen LogP contribution >= 0.6 is 0 Å². The summed E-state index contributed by atoms with van der Waals surface area (Å²) >= 11 is 0.